The fourth-order valence-electron chi connectivity index (χ4n) is 1.06. The van der Waals surface area contributed by atoms with Gasteiger partial charge in [0.05, 0.1) is 0 Å². The topological polar surface area (TPSA) is 112 Å². The van der Waals surface area contributed by atoms with Gasteiger partial charge < -0.3 is 14.6 Å². The van der Waals surface area contributed by atoms with E-state index in [1.54, 1.807) is 60.7 Å². The molecule has 0 amide bonds. The first kappa shape index (κ1) is 21.4. The fraction of sp³-hybridized carbons (Fsp3) is 0. The molecule has 113 valence electrons. The molecule has 2 aromatic rings. The van der Waals surface area contributed by atoms with Crippen molar-refractivity contribution in [3.63, 3.8) is 0 Å². The molecule has 2 N–H and O–H groups in total. The molecular weight excluding hydrogens is 352 g/mol. The summed E-state index contributed by atoms with van der Waals surface area (Å²) in [6.45, 7) is 0. The third-order valence-electron chi connectivity index (χ3n) is 1.87. The zero-order valence-electron chi connectivity index (χ0n) is 10.0. The predicted octanol–water partition coefficient (Wildman–Crippen LogP) is 1.02. The van der Waals surface area contributed by atoms with Crippen molar-refractivity contribution >= 4 is 22.2 Å². The average Bonchev–Trinajstić information content (AvgIpc) is 2.41. The zero-order valence-corrected chi connectivity index (χ0v) is 12.6. The van der Waals surface area contributed by atoms with Gasteiger partial charge in [0.25, 0.3) is 0 Å². The molecule has 0 heterocycles. The van der Waals surface area contributed by atoms with Crippen molar-refractivity contribution in [3.8, 4) is 0 Å². The van der Waals surface area contributed by atoms with Crippen molar-refractivity contribution in [3.05, 3.63) is 60.7 Å². The SMILES string of the molecule is O.O=S([O-])c1ccccc1.O=S([O-])c1ccccc1.[Cu+2]. The Morgan fingerprint density at radius 2 is 0.900 bits per heavy atom. The molecule has 20 heavy (non-hydrogen) atoms. The van der Waals surface area contributed by atoms with Gasteiger partial charge in [-0.15, -0.1) is 0 Å². The van der Waals surface area contributed by atoms with E-state index in [2.05, 4.69) is 0 Å². The van der Waals surface area contributed by atoms with E-state index in [1.165, 1.54) is 0 Å². The van der Waals surface area contributed by atoms with Crippen LogP contribution in [0.2, 0.25) is 0 Å². The second kappa shape index (κ2) is 11.9. The van der Waals surface area contributed by atoms with Crippen molar-refractivity contribution in [2.24, 2.45) is 0 Å². The third kappa shape index (κ3) is 8.34. The van der Waals surface area contributed by atoms with Crippen molar-refractivity contribution in [1.82, 2.24) is 0 Å². The molecule has 2 atom stereocenters. The van der Waals surface area contributed by atoms with Crippen LogP contribution in [-0.4, -0.2) is 23.0 Å². The van der Waals surface area contributed by atoms with E-state index >= 15 is 0 Å². The average molecular weight is 364 g/mol. The Balaban J connectivity index is 0. The molecular formula is C12H12CuO5S2. The van der Waals surface area contributed by atoms with E-state index in [0.717, 1.165) is 0 Å². The number of rotatable bonds is 2. The minimum absolute atomic E-state index is 0. The quantitative estimate of drug-likeness (QED) is 0.585. The molecule has 2 rings (SSSR count). The van der Waals surface area contributed by atoms with Gasteiger partial charge >= 0.3 is 17.1 Å². The van der Waals surface area contributed by atoms with Gasteiger partial charge in [-0.25, -0.2) is 0 Å². The van der Waals surface area contributed by atoms with Crippen LogP contribution in [0.25, 0.3) is 0 Å². The van der Waals surface area contributed by atoms with Gasteiger partial charge in [0.2, 0.25) is 0 Å². The first-order valence-electron chi connectivity index (χ1n) is 4.90. The summed E-state index contributed by atoms with van der Waals surface area (Å²) >= 11 is -4.16. The maximum atomic E-state index is 10.2. The van der Waals surface area contributed by atoms with Gasteiger partial charge in [0.1, 0.15) is 0 Å². The predicted molar refractivity (Wildman–Crippen MR) is 70.9 cm³/mol. The molecule has 0 saturated heterocycles. The second-order valence-electron chi connectivity index (χ2n) is 3.10. The molecule has 2 aromatic carbocycles. The second-order valence-corrected chi connectivity index (χ2v) is 4.98. The van der Waals surface area contributed by atoms with Crippen LogP contribution in [0.3, 0.4) is 0 Å². The standard InChI is InChI=1S/2C6H6O2S.Cu.H2O/c2*7-9(8)6-4-2-1-3-5-6;;/h2*1-5H,(H,7,8);;1H2/q;;+2;/p-2. The monoisotopic (exact) mass is 363 g/mol. The summed E-state index contributed by atoms with van der Waals surface area (Å²) in [7, 11) is 0. The number of hydrogen-bond donors (Lipinski definition) is 0. The van der Waals surface area contributed by atoms with Crippen molar-refractivity contribution in [2.75, 3.05) is 0 Å². The normalized spacial score (nSPS) is 11.7. The van der Waals surface area contributed by atoms with Crippen LogP contribution in [0.15, 0.2) is 70.5 Å². The molecule has 0 aliphatic rings. The number of benzene rings is 2. The third-order valence-corrected chi connectivity index (χ3v) is 3.19. The molecule has 0 aliphatic heterocycles. The first-order valence-corrected chi connectivity index (χ1v) is 7.05. The van der Waals surface area contributed by atoms with Crippen LogP contribution >= 0.6 is 0 Å². The molecule has 2 unspecified atom stereocenters. The maximum absolute atomic E-state index is 10.2. The molecule has 0 spiro atoms. The molecule has 1 radical (unpaired) electrons. The Hall–Kier alpha value is -0.861. The van der Waals surface area contributed by atoms with Crippen LogP contribution in [0.4, 0.5) is 0 Å². The van der Waals surface area contributed by atoms with Gasteiger partial charge in [-0.05, 0) is 46.4 Å². The van der Waals surface area contributed by atoms with E-state index in [1.807, 2.05) is 0 Å². The van der Waals surface area contributed by atoms with Gasteiger partial charge in [-0.3, -0.25) is 8.42 Å². The van der Waals surface area contributed by atoms with Crippen molar-refractivity contribution < 1.29 is 40.1 Å². The minimum Gasteiger partial charge on any atom is -0.768 e. The maximum Gasteiger partial charge on any atom is 2.00 e. The van der Waals surface area contributed by atoms with E-state index in [9.17, 15) is 17.5 Å². The Morgan fingerprint density at radius 3 is 1.05 bits per heavy atom. The Labute approximate surface area is 132 Å². The summed E-state index contributed by atoms with van der Waals surface area (Å²) in [6, 6.07) is 16.5. The summed E-state index contributed by atoms with van der Waals surface area (Å²) in [4.78, 5) is 0.662. The van der Waals surface area contributed by atoms with Gasteiger partial charge in [-0.1, -0.05) is 36.4 Å². The summed E-state index contributed by atoms with van der Waals surface area (Å²) in [5, 5.41) is 0. The van der Waals surface area contributed by atoms with Gasteiger partial charge in [-0.2, -0.15) is 0 Å². The molecule has 0 bridgehead atoms. The van der Waals surface area contributed by atoms with Gasteiger partial charge in [0.15, 0.2) is 0 Å². The first-order chi connectivity index (χ1) is 8.61. The molecule has 5 nitrogen and oxygen atoms in total. The smallest absolute Gasteiger partial charge is 0.768 e. The van der Waals surface area contributed by atoms with Crippen LogP contribution < -0.4 is 0 Å². The molecule has 0 saturated carbocycles. The summed E-state index contributed by atoms with van der Waals surface area (Å²) in [5.74, 6) is 0. The van der Waals surface area contributed by atoms with Crippen molar-refractivity contribution in [2.45, 2.75) is 9.79 Å². The molecule has 0 fully saturated rings. The zero-order chi connectivity index (χ0) is 13.4. The fourth-order valence-corrected chi connectivity index (χ4v) is 1.82. The van der Waals surface area contributed by atoms with Gasteiger partial charge in [0, 0.05) is 9.79 Å². The minimum atomic E-state index is -2.08. The molecule has 0 aliphatic carbocycles. The van der Waals surface area contributed by atoms with Crippen LogP contribution in [0.5, 0.6) is 0 Å². The number of hydrogen-bond acceptors (Lipinski definition) is 4. The summed E-state index contributed by atoms with van der Waals surface area (Å²) in [6.07, 6.45) is 0. The van der Waals surface area contributed by atoms with E-state index in [4.69, 9.17) is 0 Å². The summed E-state index contributed by atoms with van der Waals surface area (Å²) in [5.41, 5.74) is 0. The van der Waals surface area contributed by atoms with Crippen LogP contribution in [-0.2, 0) is 39.2 Å². The Bertz CT molecular complexity index is 472. The molecule has 0 aromatic heterocycles. The largest absolute Gasteiger partial charge is 2.00 e. The van der Waals surface area contributed by atoms with Crippen LogP contribution in [0.1, 0.15) is 0 Å². The van der Waals surface area contributed by atoms with E-state index in [-0.39, 0.29) is 22.5 Å². The van der Waals surface area contributed by atoms with Crippen LogP contribution in [0, 0.1) is 0 Å². The summed E-state index contributed by atoms with van der Waals surface area (Å²) < 4.78 is 40.8. The Kier molecular flexibility index (Phi) is 12.8. The van der Waals surface area contributed by atoms with Crippen molar-refractivity contribution in [1.29, 1.82) is 0 Å². The molecule has 8 heteroatoms. The van der Waals surface area contributed by atoms with E-state index in [0.29, 0.717) is 9.79 Å². The Morgan fingerprint density at radius 1 is 0.650 bits per heavy atom. The van der Waals surface area contributed by atoms with E-state index < -0.39 is 22.2 Å².